The molecule has 2 aromatic carbocycles. The van der Waals surface area contributed by atoms with Crippen LogP contribution in [0.1, 0.15) is 44.6 Å². The topological polar surface area (TPSA) is 55.8 Å². The molecule has 0 saturated heterocycles. The first-order chi connectivity index (χ1) is 14.8. The molecule has 4 rings (SSSR count). The summed E-state index contributed by atoms with van der Waals surface area (Å²) in [4.78, 5) is 28.2. The van der Waals surface area contributed by atoms with Gasteiger partial charge in [0.1, 0.15) is 17.3 Å². The van der Waals surface area contributed by atoms with E-state index in [1.807, 2.05) is 19.9 Å². The monoisotopic (exact) mass is 423 g/mol. The molecule has 1 heterocycles. The summed E-state index contributed by atoms with van der Waals surface area (Å²) in [6.07, 6.45) is 0.910. The van der Waals surface area contributed by atoms with Crippen LogP contribution in [0, 0.1) is 11.2 Å². The van der Waals surface area contributed by atoms with E-state index in [0.29, 0.717) is 35.6 Å². The summed E-state index contributed by atoms with van der Waals surface area (Å²) in [5.74, 6) is -0.0257. The Morgan fingerprint density at radius 1 is 1.03 bits per heavy atom. The van der Waals surface area contributed by atoms with Crippen molar-refractivity contribution in [3.63, 3.8) is 0 Å². The number of carbonyl (C=O) groups excluding carboxylic acids is 2. The van der Waals surface area contributed by atoms with Crippen molar-refractivity contribution < 1.29 is 23.5 Å². The Morgan fingerprint density at radius 2 is 1.77 bits per heavy atom. The molecule has 0 spiro atoms. The predicted molar refractivity (Wildman–Crippen MR) is 116 cm³/mol. The van der Waals surface area contributed by atoms with E-state index in [-0.39, 0.29) is 29.2 Å². The Hall–Kier alpha value is -3.15. The lowest BCUT2D eigenvalue weighted by Gasteiger charge is -2.43. The molecule has 0 radical (unpaired) electrons. The fraction of sp³-hybridized carbons (Fsp3) is 0.360. The van der Waals surface area contributed by atoms with Gasteiger partial charge in [0, 0.05) is 35.6 Å². The second-order valence-corrected chi connectivity index (χ2v) is 8.85. The molecule has 31 heavy (non-hydrogen) atoms. The highest BCUT2D eigenvalue weighted by molar-refractivity contribution is 6.08. The number of Topliss-reactive ketones (excluding diaryl/α,β-unsaturated/α-hetero) is 1. The minimum absolute atomic E-state index is 0.0186. The molecular weight excluding hydrogens is 397 g/mol. The minimum Gasteiger partial charge on any atom is -0.497 e. The lowest BCUT2D eigenvalue weighted by Crippen LogP contribution is -2.44. The van der Waals surface area contributed by atoms with Gasteiger partial charge in [-0.1, -0.05) is 26.0 Å². The first-order valence-electron chi connectivity index (χ1n) is 10.3. The third-order valence-electron chi connectivity index (χ3n) is 6.05. The molecule has 1 aliphatic heterocycles. The van der Waals surface area contributed by atoms with Crippen molar-refractivity contribution in [2.75, 3.05) is 19.1 Å². The quantitative estimate of drug-likeness (QED) is 0.694. The molecule has 6 heteroatoms. The van der Waals surface area contributed by atoms with Crippen molar-refractivity contribution in [3.8, 4) is 11.5 Å². The van der Waals surface area contributed by atoms with Gasteiger partial charge in [-0.3, -0.25) is 14.5 Å². The van der Waals surface area contributed by atoms with Crippen LogP contribution >= 0.6 is 0 Å². The molecule has 0 saturated carbocycles. The van der Waals surface area contributed by atoms with Gasteiger partial charge in [0.15, 0.2) is 5.78 Å². The van der Waals surface area contributed by atoms with Gasteiger partial charge in [0.05, 0.1) is 19.9 Å². The number of allylic oxidation sites excluding steroid dienone is 2. The van der Waals surface area contributed by atoms with Crippen LogP contribution in [0.3, 0.4) is 0 Å². The van der Waals surface area contributed by atoms with Gasteiger partial charge in [-0.05, 0) is 42.2 Å². The molecule has 1 amide bonds. The van der Waals surface area contributed by atoms with Gasteiger partial charge >= 0.3 is 0 Å². The predicted octanol–water partition coefficient (Wildman–Crippen LogP) is 5.01. The molecule has 0 bridgehead atoms. The van der Waals surface area contributed by atoms with E-state index in [4.69, 9.17) is 9.47 Å². The SMILES string of the molecule is COc1ccc(OC)c([C@H]2CC(=O)N(c3ccccc3F)C3=C2C(=O)CC(C)(C)C3)c1. The number of methoxy groups -OCH3 is 2. The number of ketones is 1. The van der Waals surface area contributed by atoms with Gasteiger partial charge in [-0.2, -0.15) is 0 Å². The molecular formula is C25H26FNO4. The fourth-order valence-corrected chi connectivity index (χ4v) is 4.71. The summed E-state index contributed by atoms with van der Waals surface area (Å²) >= 11 is 0. The van der Waals surface area contributed by atoms with Crippen molar-refractivity contribution in [1.82, 2.24) is 0 Å². The number of ether oxygens (including phenoxy) is 2. The van der Waals surface area contributed by atoms with Gasteiger partial charge in [-0.15, -0.1) is 0 Å². The smallest absolute Gasteiger partial charge is 0.232 e. The standard InChI is InChI=1S/C25H26FNO4/c1-25(2)13-20-24(21(28)14-25)17(16-11-15(30-3)9-10-22(16)31-4)12-23(29)27(20)19-8-6-5-7-18(19)26/h5-11,17H,12-14H2,1-4H3/t17-/m1/s1. The first-order valence-corrected chi connectivity index (χ1v) is 10.3. The molecule has 0 fully saturated rings. The van der Waals surface area contributed by atoms with E-state index in [9.17, 15) is 14.0 Å². The number of hydrogen-bond donors (Lipinski definition) is 0. The molecule has 2 aromatic rings. The second kappa shape index (κ2) is 7.84. The van der Waals surface area contributed by atoms with E-state index in [1.165, 1.54) is 11.0 Å². The normalized spacial score (nSPS) is 20.5. The highest BCUT2D eigenvalue weighted by atomic mass is 19.1. The molecule has 2 aliphatic rings. The zero-order chi connectivity index (χ0) is 22.3. The molecule has 0 N–H and O–H groups in total. The third kappa shape index (κ3) is 3.71. The Balaban J connectivity index is 1.95. The molecule has 0 unspecified atom stereocenters. The minimum atomic E-state index is -0.490. The number of halogens is 1. The summed E-state index contributed by atoms with van der Waals surface area (Å²) in [6.45, 7) is 3.99. The van der Waals surface area contributed by atoms with E-state index >= 15 is 0 Å². The van der Waals surface area contributed by atoms with Crippen LogP contribution < -0.4 is 14.4 Å². The first kappa shape index (κ1) is 21.1. The van der Waals surface area contributed by atoms with Crippen LogP contribution in [0.15, 0.2) is 53.7 Å². The van der Waals surface area contributed by atoms with Crippen molar-refractivity contribution in [3.05, 3.63) is 65.1 Å². The fourth-order valence-electron chi connectivity index (χ4n) is 4.71. The number of hydrogen-bond acceptors (Lipinski definition) is 4. The molecule has 0 aromatic heterocycles. The van der Waals surface area contributed by atoms with Crippen molar-refractivity contribution >= 4 is 17.4 Å². The van der Waals surface area contributed by atoms with Crippen LogP contribution in [0.4, 0.5) is 10.1 Å². The zero-order valence-electron chi connectivity index (χ0n) is 18.2. The lowest BCUT2D eigenvalue weighted by molar-refractivity contribution is -0.121. The van der Waals surface area contributed by atoms with E-state index in [2.05, 4.69) is 0 Å². The van der Waals surface area contributed by atoms with Crippen LogP contribution in [0.25, 0.3) is 0 Å². The largest absolute Gasteiger partial charge is 0.497 e. The number of anilines is 1. The summed E-state index contributed by atoms with van der Waals surface area (Å²) in [6, 6.07) is 11.6. The summed E-state index contributed by atoms with van der Waals surface area (Å²) < 4.78 is 25.6. The molecule has 1 aliphatic carbocycles. The van der Waals surface area contributed by atoms with Gasteiger partial charge in [0.25, 0.3) is 0 Å². The van der Waals surface area contributed by atoms with E-state index < -0.39 is 11.7 Å². The maximum absolute atomic E-state index is 14.7. The Labute approximate surface area is 181 Å². The van der Waals surface area contributed by atoms with Crippen LogP contribution in [0.2, 0.25) is 0 Å². The number of rotatable bonds is 4. The molecule has 1 atom stereocenters. The maximum atomic E-state index is 14.7. The van der Waals surface area contributed by atoms with Crippen molar-refractivity contribution in [1.29, 1.82) is 0 Å². The lowest BCUT2D eigenvalue weighted by atomic mass is 9.69. The van der Waals surface area contributed by atoms with Gasteiger partial charge in [-0.25, -0.2) is 4.39 Å². The highest BCUT2D eigenvalue weighted by Crippen LogP contribution is 2.50. The Morgan fingerprint density at radius 3 is 2.45 bits per heavy atom. The summed E-state index contributed by atoms with van der Waals surface area (Å²) in [5.41, 5.74) is 1.72. The van der Waals surface area contributed by atoms with Crippen molar-refractivity contribution in [2.24, 2.45) is 5.41 Å². The number of carbonyl (C=O) groups is 2. The van der Waals surface area contributed by atoms with Crippen LogP contribution in [-0.4, -0.2) is 25.9 Å². The van der Waals surface area contributed by atoms with Gasteiger partial charge in [0.2, 0.25) is 5.91 Å². The Bertz CT molecular complexity index is 1090. The van der Waals surface area contributed by atoms with Gasteiger partial charge < -0.3 is 9.47 Å². The average Bonchev–Trinajstić information content (AvgIpc) is 2.72. The van der Waals surface area contributed by atoms with Crippen LogP contribution in [0.5, 0.6) is 11.5 Å². The average molecular weight is 423 g/mol. The number of para-hydroxylation sites is 1. The highest BCUT2D eigenvalue weighted by Gasteiger charge is 2.45. The molecule has 5 nitrogen and oxygen atoms in total. The number of benzene rings is 2. The van der Waals surface area contributed by atoms with E-state index in [0.717, 1.165) is 5.56 Å². The Kier molecular flexibility index (Phi) is 5.33. The van der Waals surface area contributed by atoms with Crippen LogP contribution in [-0.2, 0) is 9.59 Å². The summed E-state index contributed by atoms with van der Waals surface area (Å²) in [7, 11) is 3.12. The summed E-state index contributed by atoms with van der Waals surface area (Å²) in [5, 5.41) is 0. The number of nitrogens with zero attached hydrogens (tertiary/aromatic N) is 1. The number of amides is 1. The van der Waals surface area contributed by atoms with E-state index in [1.54, 1.807) is 44.6 Å². The zero-order valence-corrected chi connectivity index (χ0v) is 18.2. The third-order valence-corrected chi connectivity index (χ3v) is 6.05. The van der Waals surface area contributed by atoms with Crippen molar-refractivity contribution in [2.45, 2.75) is 39.0 Å². The molecule has 162 valence electrons. The second-order valence-electron chi connectivity index (χ2n) is 8.85. The maximum Gasteiger partial charge on any atom is 0.232 e.